The molecule has 0 aliphatic carbocycles. The third kappa shape index (κ3) is 2.94. The molecule has 0 saturated carbocycles. The van der Waals surface area contributed by atoms with Crippen molar-refractivity contribution in [1.82, 2.24) is 0 Å². The minimum atomic E-state index is -0.975. The van der Waals surface area contributed by atoms with Crippen molar-refractivity contribution in [1.29, 1.82) is 0 Å². The summed E-state index contributed by atoms with van der Waals surface area (Å²) in [7, 11) is 0. The zero-order chi connectivity index (χ0) is 15.5. The fraction of sp³-hybridized carbons (Fsp3) is 0.294. The summed E-state index contributed by atoms with van der Waals surface area (Å²) in [5.41, 5.74) is 0.877. The highest BCUT2D eigenvalue weighted by Crippen LogP contribution is 2.27. The number of nitrogens with one attached hydrogen (secondary N) is 1. The van der Waals surface area contributed by atoms with E-state index in [1.807, 2.05) is 12.1 Å². The van der Waals surface area contributed by atoms with Gasteiger partial charge >= 0.3 is 5.97 Å². The summed E-state index contributed by atoms with van der Waals surface area (Å²) in [5.74, 6) is -0.773. The maximum Gasteiger partial charge on any atom is 0.336 e. The van der Waals surface area contributed by atoms with E-state index in [1.54, 1.807) is 18.2 Å². The van der Waals surface area contributed by atoms with Crippen molar-refractivity contribution in [3.8, 4) is 0 Å². The Morgan fingerprint density at radius 2 is 1.95 bits per heavy atom. The van der Waals surface area contributed by atoms with E-state index >= 15 is 0 Å². The standard InChI is InChI=1S/C17H17NO4/c19-16(9-11-7-8-22-10-11)18-15-6-5-14(17(20)21)12-3-1-2-4-13(12)15/h1-6,11H,7-10H2,(H,18,19)(H,20,21). The number of carboxylic acids is 1. The van der Waals surface area contributed by atoms with E-state index in [-0.39, 0.29) is 17.4 Å². The van der Waals surface area contributed by atoms with E-state index in [1.165, 1.54) is 6.07 Å². The third-order valence-electron chi connectivity index (χ3n) is 3.93. The van der Waals surface area contributed by atoms with E-state index in [9.17, 15) is 14.7 Å². The average Bonchev–Trinajstić information content (AvgIpc) is 3.00. The maximum atomic E-state index is 12.1. The zero-order valence-electron chi connectivity index (χ0n) is 12.0. The fourth-order valence-corrected chi connectivity index (χ4v) is 2.80. The number of amides is 1. The highest BCUT2D eigenvalue weighted by atomic mass is 16.5. The van der Waals surface area contributed by atoms with Gasteiger partial charge in [-0.25, -0.2) is 4.79 Å². The largest absolute Gasteiger partial charge is 0.478 e. The summed E-state index contributed by atoms with van der Waals surface area (Å²) in [4.78, 5) is 23.4. The number of hydrogen-bond acceptors (Lipinski definition) is 3. The second kappa shape index (κ2) is 6.15. The Labute approximate surface area is 127 Å². The Hall–Kier alpha value is -2.40. The van der Waals surface area contributed by atoms with Crippen LogP contribution < -0.4 is 5.32 Å². The minimum absolute atomic E-state index is 0.0660. The number of carbonyl (C=O) groups excluding carboxylic acids is 1. The Balaban J connectivity index is 1.86. The van der Waals surface area contributed by atoms with E-state index in [0.717, 1.165) is 11.8 Å². The summed E-state index contributed by atoms with van der Waals surface area (Å²) in [6, 6.07) is 10.4. The Morgan fingerprint density at radius 3 is 2.64 bits per heavy atom. The molecular formula is C17H17NO4. The molecule has 2 N–H and O–H groups in total. The molecule has 1 atom stereocenters. The van der Waals surface area contributed by atoms with Gasteiger partial charge in [-0.1, -0.05) is 24.3 Å². The van der Waals surface area contributed by atoms with Crippen molar-refractivity contribution in [3.63, 3.8) is 0 Å². The normalized spacial score (nSPS) is 17.5. The van der Waals surface area contributed by atoms with Gasteiger partial charge in [0.1, 0.15) is 0 Å². The van der Waals surface area contributed by atoms with Crippen molar-refractivity contribution >= 4 is 28.3 Å². The Bertz CT molecular complexity index is 720. The molecule has 1 aliphatic rings. The topological polar surface area (TPSA) is 75.6 Å². The molecule has 1 saturated heterocycles. The van der Waals surface area contributed by atoms with Crippen LogP contribution in [0, 0.1) is 5.92 Å². The summed E-state index contributed by atoms with van der Waals surface area (Å²) < 4.78 is 5.28. The number of fused-ring (bicyclic) bond motifs is 1. The summed E-state index contributed by atoms with van der Waals surface area (Å²) in [5, 5.41) is 13.5. The lowest BCUT2D eigenvalue weighted by molar-refractivity contribution is -0.117. The number of hydrogen-bond donors (Lipinski definition) is 2. The van der Waals surface area contributed by atoms with E-state index in [2.05, 4.69) is 5.32 Å². The lowest BCUT2D eigenvalue weighted by Crippen LogP contribution is -2.17. The quantitative estimate of drug-likeness (QED) is 0.910. The Kier molecular flexibility index (Phi) is 4.06. The SMILES string of the molecule is O=C(CC1CCOC1)Nc1ccc(C(=O)O)c2ccccc12. The molecule has 0 bridgehead atoms. The fourth-order valence-electron chi connectivity index (χ4n) is 2.80. The molecule has 1 aliphatic heterocycles. The van der Waals surface area contributed by atoms with Crippen molar-refractivity contribution in [2.45, 2.75) is 12.8 Å². The van der Waals surface area contributed by atoms with Crippen LogP contribution in [0.1, 0.15) is 23.2 Å². The minimum Gasteiger partial charge on any atom is -0.478 e. The van der Waals surface area contributed by atoms with Crippen LogP contribution in [-0.4, -0.2) is 30.2 Å². The molecule has 1 amide bonds. The summed E-state index contributed by atoms with van der Waals surface area (Å²) >= 11 is 0. The molecule has 1 heterocycles. The van der Waals surface area contributed by atoms with Gasteiger partial charge in [-0.3, -0.25) is 4.79 Å². The molecule has 1 fully saturated rings. The van der Waals surface area contributed by atoms with Crippen LogP contribution in [0.15, 0.2) is 36.4 Å². The van der Waals surface area contributed by atoms with Gasteiger partial charge in [0.05, 0.1) is 5.56 Å². The van der Waals surface area contributed by atoms with Crippen LogP contribution in [0.4, 0.5) is 5.69 Å². The third-order valence-corrected chi connectivity index (χ3v) is 3.93. The van der Waals surface area contributed by atoms with E-state index in [4.69, 9.17) is 4.74 Å². The van der Waals surface area contributed by atoms with Gasteiger partial charge in [-0.15, -0.1) is 0 Å². The molecule has 3 rings (SSSR count). The number of benzene rings is 2. The first-order valence-electron chi connectivity index (χ1n) is 7.28. The van der Waals surface area contributed by atoms with Gasteiger partial charge in [0, 0.05) is 30.7 Å². The van der Waals surface area contributed by atoms with Gasteiger partial charge in [0.25, 0.3) is 0 Å². The van der Waals surface area contributed by atoms with Crippen LogP contribution in [0.2, 0.25) is 0 Å². The molecule has 2 aromatic carbocycles. The van der Waals surface area contributed by atoms with Crippen LogP contribution in [0.5, 0.6) is 0 Å². The second-order valence-electron chi connectivity index (χ2n) is 5.49. The van der Waals surface area contributed by atoms with Crippen molar-refractivity contribution < 1.29 is 19.4 Å². The first kappa shape index (κ1) is 14.5. The van der Waals surface area contributed by atoms with Crippen molar-refractivity contribution in [3.05, 3.63) is 42.0 Å². The number of anilines is 1. The molecule has 0 spiro atoms. The maximum absolute atomic E-state index is 12.1. The van der Waals surface area contributed by atoms with E-state index < -0.39 is 5.97 Å². The lowest BCUT2D eigenvalue weighted by Gasteiger charge is -2.12. The van der Waals surface area contributed by atoms with Crippen LogP contribution >= 0.6 is 0 Å². The van der Waals surface area contributed by atoms with Gasteiger partial charge in [0.15, 0.2) is 0 Å². The van der Waals surface area contributed by atoms with Crippen LogP contribution in [0.3, 0.4) is 0 Å². The monoisotopic (exact) mass is 299 g/mol. The molecule has 0 aromatic heterocycles. The molecule has 0 radical (unpaired) electrons. The van der Waals surface area contributed by atoms with Gasteiger partial charge < -0.3 is 15.2 Å². The molecule has 2 aromatic rings. The van der Waals surface area contributed by atoms with E-state index in [0.29, 0.717) is 30.7 Å². The van der Waals surface area contributed by atoms with Crippen molar-refractivity contribution in [2.24, 2.45) is 5.92 Å². The highest BCUT2D eigenvalue weighted by molar-refractivity contribution is 6.10. The molecule has 114 valence electrons. The van der Waals surface area contributed by atoms with Crippen LogP contribution in [-0.2, 0) is 9.53 Å². The molecule has 22 heavy (non-hydrogen) atoms. The number of aromatic carboxylic acids is 1. The highest BCUT2D eigenvalue weighted by Gasteiger charge is 2.20. The second-order valence-corrected chi connectivity index (χ2v) is 5.49. The first-order chi connectivity index (χ1) is 10.6. The summed E-state index contributed by atoms with van der Waals surface area (Å²) in [6.45, 7) is 1.35. The van der Waals surface area contributed by atoms with Gasteiger partial charge in [-0.2, -0.15) is 0 Å². The molecule has 5 nitrogen and oxygen atoms in total. The average molecular weight is 299 g/mol. The predicted octanol–water partition coefficient (Wildman–Crippen LogP) is 2.90. The zero-order valence-corrected chi connectivity index (χ0v) is 12.0. The number of rotatable bonds is 4. The molecule has 5 heteroatoms. The summed E-state index contributed by atoms with van der Waals surface area (Å²) in [6.07, 6.45) is 1.33. The van der Waals surface area contributed by atoms with Gasteiger partial charge in [0.2, 0.25) is 5.91 Å². The Morgan fingerprint density at radius 1 is 1.18 bits per heavy atom. The lowest BCUT2D eigenvalue weighted by atomic mass is 10.0. The van der Waals surface area contributed by atoms with Crippen molar-refractivity contribution in [2.75, 3.05) is 18.5 Å². The van der Waals surface area contributed by atoms with Crippen LogP contribution in [0.25, 0.3) is 10.8 Å². The molecule has 1 unspecified atom stereocenters. The van der Waals surface area contributed by atoms with Gasteiger partial charge in [-0.05, 0) is 29.9 Å². The predicted molar refractivity (Wildman–Crippen MR) is 83.1 cm³/mol. The number of carbonyl (C=O) groups is 2. The molecular weight excluding hydrogens is 282 g/mol. The first-order valence-corrected chi connectivity index (χ1v) is 7.28. The smallest absolute Gasteiger partial charge is 0.336 e. The number of ether oxygens (including phenoxy) is 1. The number of carboxylic acid groups (broad SMARTS) is 1.